The first kappa shape index (κ1) is 25.0. The lowest BCUT2D eigenvalue weighted by Crippen LogP contribution is -2.55. The Morgan fingerprint density at radius 1 is 1.03 bits per heavy atom. The van der Waals surface area contributed by atoms with E-state index in [9.17, 15) is 13.6 Å². The molecule has 0 heterocycles. The van der Waals surface area contributed by atoms with E-state index in [4.69, 9.17) is 5.73 Å². The first-order valence-electron chi connectivity index (χ1n) is 10.8. The first-order chi connectivity index (χ1) is 14.5. The first-order valence-corrected chi connectivity index (χ1v) is 10.8. The van der Waals surface area contributed by atoms with E-state index < -0.39 is 23.7 Å². The van der Waals surface area contributed by atoms with E-state index in [1.807, 2.05) is 0 Å². The third kappa shape index (κ3) is 8.04. The highest BCUT2D eigenvalue weighted by Crippen LogP contribution is 2.22. The van der Waals surface area contributed by atoms with Gasteiger partial charge in [-0.3, -0.25) is 4.79 Å². The maximum Gasteiger partial charge on any atom is 0.217 e. The quantitative estimate of drug-likeness (QED) is 0.531. The molecule has 0 radical (unpaired) electrons. The molecule has 0 saturated heterocycles. The fourth-order valence-corrected chi connectivity index (χ4v) is 3.73. The molecule has 2 atom stereocenters. The van der Waals surface area contributed by atoms with Crippen molar-refractivity contribution < 1.29 is 13.6 Å². The van der Waals surface area contributed by atoms with Crippen molar-refractivity contribution in [2.24, 2.45) is 11.7 Å². The van der Waals surface area contributed by atoms with E-state index in [2.05, 4.69) is 62.6 Å². The van der Waals surface area contributed by atoms with Gasteiger partial charge in [0.1, 0.15) is 11.6 Å². The molecule has 0 aromatic heterocycles. The Kier molecular flexibility index (Phi) is 8.71. The molecule has 170 valence electrons. The van der Waals surface area contributed by atoms with Crippen molar-refractivity contribution in [1.29, 1.82) is 0 Å². The van der Waals surface area contributed by atoms with Gasteiger partial charge in [-0.1, -0.05) is 38.1 Å². The summed E-state index contributed by atoms with van der Waals surface area (Å²) < 4.78 is 27.1. The highest BCUT2D eigenvalue weighted by molar-refractivity contribution is 5.73. The summed E-state index contributed by atoms with van der Waals surface area (Å²) in [6, 6.07) is 10.9. The average molecular weight is 432 g/mol. The molecule has 0 fully saturated rings. The fraction of sp³-hybridized carbons (Fsp3) is 0.480. The van der Waals surface area contributed by atoms with Gasteiger partial charge in [0, 0.05) is 37.2 Å². The van der Waals surface area contributed by atoms with Gasteiger partial charge in [-0.25, -0.2) is 8.78 Å². The fourth-order valence-electron chi connectivity index (χ4n) is 3.73. The summed E-state index contributed by atoms with van der Waals surface area (Å²) in [5.41, 5.74) is 8.96. The minimum absolute atomic E-state index is 0.238. The summed E-state index contributed by atoms with van der Waals surface area (Å²) in [5.74, 6) is -0.958. The van der Waals surface area contributed by atoms with Crippen LogP contribution in [-0.4, -0.2) is 24.5 Å². The Morgan fingerprint density at radius 2 is 1.68 bits per heavy atom. The van der Waals surface area contributed by atoms with E-state index in [0.717, 1.165) is 18.1 Å². The average Bonchev–Trinajstić information content (AvgIpc) is 2.64. The third-order valence-electron chi connectivity index (χ3n) is 5.36. The Bertz CT molecular complexity index is 863. The molecule has 0 saturated carbocycles. The summed E-state index contributed by atoms with van der Waals surface area (Å²) >= 11 is 0. The number of nitrogens with two attached hydrogens (primary N) is 1. The molecular formula is C25H35F2N3O. The maximum absolute atomic E-state index is 13.6. The van der Waals surface area contributed by atoms with Crippen LogP contribution in [0.4, 0.5) is 8.78 Å². The van der Waals surface area contributed by atoms with Gasteiger partial charge in [0.25, 0.3) is 0 Å². The van der Waals surface area contributed by atoms with Crippen LogP contribution in [0.25, 0.3) is 0 Å². The standard InChI is InChI=1S/C25H35F2N3O/c1-16(2)9-18-7-6-8-20(10-18)25(4,5)29-15-23(28)24(30-17(3)31)13-19-11-21(26)14-22(27)12-19/h6-8,10-12,14,16,23-24,29H,9,13,15,28H2,1-5H3,(H,30,31)/t23-,24+/m1/s1. The van der Waals surface area contributed by atoms with Crippen LogP contribution in [0.2, 0.25) is 0 Å². The molecule has 1 amide bonds. The molecule has 6 heteroatoms. The zero-order valence-electron chi connectivity index (χ0n) is 19.1. The second-order valence-electron chi connectivity index (χ2n) is 9.26. The SMILES string of the molecule is CC(=O)N[C@@H](Cc1cc(F)cc(F)c1)[C@H](N)CNC(C)(C)c1cccc(CC(C)C)c1. The maximum atomic E-state index is 13.6. The van der Waals surface area contributed by atoms with Crippen LogP contribution >= 0.6 is 0 Å². The minimum Gasteiger partial charge on any atom is -0.352 e. The van der Waals surface area contributed by atoms with Gasteiger partial charge in [0.15, 0.2) is 0 Å². The Labute approximate surface area is 184 Å². The molecule has 0 aliphatic rings. The number of amides is 1. The van der Waals surface area contributed by atoms with Crippen LogP contribution in [-0.2, 0) is 23.2 Å². The smallest absolute Gasteiger partial charge is 0.217 e. The van der Waals surface area contributed by atoms with Crippen molar-refractivity contribution in [3.63, 3.8) is 0 Å². The van der Waals surface area contributed by atoms with Gasteiger partial charge in [-0.2, -0.15) is 0 Å². The van der Waals surface area contributed by atoms with E-state index in [0.29, 0.717) is 18.0 Å². The normalized spacial score (nSPS) is 13.8. The summed E-state index contributed by atoms with van der Waals surface area (Å²) in [5, 5.41) is 6.32. The van der Waals surface area contributed by atoms with Crippen molar-refractivity contribution in [3.05, 3.63) is 70.8 Å². The Hall–Kier alpha value is -2.31. The predicted octanol–water partition coefficient (Wildman–Crippen LogP) is 4.06. The summed E-state index contributed by atoms with van der Waals surface area (Å²) in [6.45, 7) is 10.4. The number of benzene rings is 2. The van der Waals surface area contributed by atoms with Crippen LogP contribution in [0.5, 0.6) is 0 Å². The summed E-state index contributed by atoms with van der Waals surface area (Å²) in [4.78, 5) is 11.7. The zero-order valence-corrected chi connectivity index (χ0v) is 19.1. The van der Waals surface area contributed by atoms with Crippen LogP contribution in [0.15, 0.2) is 42.5 Å². The van der Waals surface area contributed by atoms with Gasteiger partial charge in [-0.15, -0.1) is 0 Å². The van der Waals surface area contributed by atoms with Gasteiger partial charge < -0.3 is 16.4 Å². The van der Waals surface area contributed by atoms with E-state index >= 15 is 0 Å². The monoisotopic (exact) mass is 431 g/mol. The molecule has 0 spiro atoms. The molecule has 31 heavy (non-hydrogen) atoms. The van der Waals surface area contributed by atoms with Crippen LogP contribution in [0.1, 0.15) is 51.3 Å². The largest absolute Gasteiger partial charge is 0.352 e. The van der Waals surface area contributed by atoms with Crippen molar-refractivity contribution in [2.75, 3.05) is 6.54 Å². The summed E-state index contributed by atoms with van der Waals surface area (Å²) in [6.07, 6.45) is 1.25. The minimum atomic E-state index is -0.648. The lowest BCUT2D eigenvalue weighted by molar-refractivity contribution is -0.119. The molecular weight excluding hydrogens is 396 g/mol. The number of carbonyl (C=O) groups is 1. The van der Waals surface area contributed by atoms with Crippen molar-refractivity contribution in [2.45, 2.75) is 65.1 Å². The Morgan fingerprint density at radius 3 is 2.26 bits per heavy atom. The molecule has 2 aromatic rings. The van der Waals surface area contributed by atoms with Gasteiger partial charge in [0.2, 0.25) is 5.91 Å². The van der Waals surface area contributed by atoms with Crippen LogP contribution < -0.4 is 16.4 Å². The van der Waals surface area contributed by atoms with E-state index in [-0.39, 0.29) is 17.9 Å². The Balaban J connectivity index is 2.10. The van der Waals surface area contributed by atoms with Gasteiger partial charge in [-0.05, 0) is 61.4 Å². The molecule has 2 aromatic carbocycles. The van der Waals surface area contributed by atoms with Crippen molar-refractivity contribution in [3.8, 4) is 0 Å². The number of rotatable bonds is 10. The van der Waals surface area contributed by atoms with Crippen LogP contribution in [0.3, 0.4) is 0 Å². The molecule has 2 rings (SSSR count). The number of hydrogen-bond donors (Lipinski definition) is 3. The van der Waals surface area contributed by atoms with Crippen LogP contribution in [0, 0.1) is 17.6 Å². The molecule has 4 N–H and O–H groups in total. The molecule has 0 aliphatic heterocycles. The molecule has 0 bridgehead atoms. The second-order valence-corrected chi connectivity index (χ2v) is 9.26. The lowest BCUT2D eigenvalue weighted by atomic mass is 9.90. The number of hydrogen-bond acceptors (Lipinski definition) is 3. The van der Waals surface area contributed by atoms with E-state index in [1.54, 1.807) is 0 Å². The number of halogens is 2. The van der Waals surface area contributed by atoms with Crippen molar-refractivity contribution in [1.82, 2.24) is 10.6 Å². The highest BCUT2D eigenvalue weighted by Gasteiger charge is 2.25. The summed E-state index contributed by atoms with van der Waals surface area (Å²) in [7, 11) is 0. The lowest BCUT2D eigenvalue weighted by Gasteiger charge is -2.32. The highest BCUT2D eigenvalue weighted by atomic mass is 19.1. The van der Waals surface area contributed by atoms with Gasteiger partial charge >= 0.3 is 0 Å². The van der Waals surface area contributed by atoms with Gasteiger partial charge in [0.05, 0.1) is 0 Å². The number of carbonyl (C=O) groups excluding carboxylic acids is 1. The molecule has 0 unspecified atom stereocenters. The second kappa shape index (κ2) is 10.8. The predicted molar refractivity (Wildman–Crippen MR) is 122 cm³/mol. The van der Waals surface area contributed by atoms with E-state index in [1.165, 1.54) is 24.6 Å². The zero-order chi connectivity index (χ0) is 23.2. The molecule has 4 nitrogen and oxygen atoms in total. The third-order valence-corrected chi connectivity index (χ3v) is 5.36. The number of nitrogens with one attached hydrogen (secondary N) is 2. The molecule has 0 aliphatic carbocycles. The topological polar surface area (TPSA) is 67.2 Å². The van der Waals surface area contributed by atoms with Crippen molar-refractivity contribution >= 4 is 5.91 Å².